The van der Waals surface area contributed by atoms with Crippen LogP contribution >= 0.6 is 0 Å². The topological polar surface area (TPSA) is 44.8 Å². The Hall–Kier alpha value is -1.75. The zero-order chi connectivity index (χ0) is 13.6. The second-order valence-electron chi connectivity index (χ2n) is 5.26. The number of nitrogens with zero attached hydrogens (tertiary/aromatic N) is 2. The summed E-state index contributed by atoms with van der Waals surface area (Å²) >= 11 is 0. The summed E-state index contributed by atoms with van der Waals surface area (Å²) in [4.78, 5) is 16.0. The number of benzene rings is 1. The first-order valence-corrected chi connectivity index (χ1v) is 6.58. The first kappa shape index (κ1) is 12.3. The molecule has 1 N–H and O–H groups in total. The van der Waals surface area contributed by atoms with Crippen molar-refractivity contribution in [3.63, 3.8) is 0 Å². The lowest BCUT2D eigenvalue weighted by Crippen LogP contribution is -2.39. The molecule has 0 aromatic heterocycles. The van der Waals surface area contributed by atoms with Gasteiger partial charge in [-0.15, -0.1) is 0 Å². The molecule has 102 valence electrons. The molecular weight excluding hydrogens is 242 g/mol. The van der Waals surface area contributed by atoms with Crippen molar-refractivity contribution in [2.45, 2.75) is 18.5 Å². The molecule has 2 aliphatic rings. The molecule has 1 saturated heterocycles. The van der Waals surface area contributed by atoms with Crippen LogP contribution in [0.1, 0.15) is 17.9 Å². The van der Waals surface area contributed by atoms with E-state index >= 15 is 0 Å². The van der Waals surface area contributed by atoms with Crippen LogP contribution in [-0.2, 0) is 0 Å². The Balaban J connectivity index is 1.92. The van der Waals surface area contributed by atoms with Gasteiger partial charge in [0.25, 0.3) is 0 Å². The molecule has 5 nitrogen and oxygen atoms in total. The van der Waals surface area contributed by atoms with Gasteiger partial charge in [0.2, 0.25) is 0 Å². The molecule has 0 aliphatic carbocycles. The van der Waals surface area contributed by atoms with Gasteiger partial charge in [0, 0.05) is 32.2 Å². The fourth-order valence-electron chi connectivity index (χ4n) is 3.33. The molecule has 3 rings (SSSR count). The fourth-order valence-corrected chi connectivity index (χ4v) is 3.33. The van der Waals surface area contributed by atoms with Crippen molar-refractivity contribution in [2.75, 3.05) is 32.6 Å². The summed E-state index contributed by atoms with van der Waals surface area (Å²) in [5.41, 5.74) is 2.53. The van der Waals surface area contributed by atoms with Crippen molar-refractivity contribution in [1.29, 1.82) is 0 Å². The van der Waals surface area contributed by atoms with Crippen molar-refractivity contribution in [1.82, 2.24) is 10.2 Å². The molecule has 2 aliphatic heterocycles. The highest BCUT2D eigenvalue weighted by molar-refractivity contribution is 5.71. The number of hydrogen-bond acceptors (Lipinski definition) is 4. The van der Waals surface area contributed by atoms with E-state index in [2.05, 4.69) is 29.2 Å². The van der Waals surface area contributed by atoms with Crippen LogP contribution in [0, 0.1) is 0 Å². The van der Waals surface area contributed by atoms with Crippen LogP contribution in [-0.4, -0.2) is 44.8 Å². The third kappa shape index (κ3) is 1.85. The summed E-state index contributed by atoms with van der Waals surface area (Å²) in [7, 11) is 5.85. The number of likely N-dealkylation sites (tertiary alicyclic amines) is 1. The molecule has 0 bridgehead atoms. The molecule has 5 heteroatoms. The summed E-state index contributed by atoms with van der Waals surface area (Å²) in [6, 6.07) is 5.90. The number of hydrogen-bond donors (Lipinski definition) is 1. The Morgan fingerprint density at radius 2 is 2.21 bits per heavy atom. The van der Waals surface area contributed by atoms with Gasteiger partial charge < -0.3 is 15.0 Å². The van der Waals surface area contributed by atoms with E-state index in [0.717, 1.165) is 13.0 Å². The molecule has 19 heavy (non-hydrogen) atoms. The second-order valence-corrected chi connectivity index (χ2v) is 5.26. The number of amides is 1. The van der Waals surface area contributed by atoms with Gasteiger partial charge in [0.05, 0.1) is 6.17 Å². The maximum atomic E-state index is 11.3. The van der Waals surface area contributed by atoms with E-state index in [1.165, 1.54) is 11.3 Å². The Bertz CT molecular complexity index is 517. The standard InChI is InChI=1S/C14H19N3O2/c1-15-14(18)19-9-4-5-12-11(8-9)10-6-7-16(2)13(10)17(12)3/h4-5,8,10,13H,6-7H2,1-3H3,(H,15,18). The Morgan fingerprint density at radius 3 is 2.95 bits per heavy atom. The monoisotopic (exact) mass is 261 g/mol. The molecular formula is C14H19N3O2. The van der Waals surface area contributed by atoms with Gasteiger partial charge in [0.1, 0.15) is 5.75 Å². The molecule has 2 heterocycles. The van der Waals surface area contributed by atoms with Crippen molar-refractivity contribution < 1.29 is 9.53 Å². The number of anilines is 1. The van der Waals surface area contributed by atoms with Gasteiger partial charge in [-0.05, 0) is 37.2 Å². The normalized spacial score (nSPS) is 25.1. The highest BCUT2D eigenvalue weighted by Crippen LogP contribution is 2.47. The number of nitrogens with one attached hydrogen (secondary N) is 1. The number of carbonyl (C=O) groups excluding carboxylic acids is 1. The van der Waals surface area contributed by atoms with Crippen molar-refractivity contribution in [3.8, 4) is 5.75 Å². The maximum absolute atomic E-state index is 11.3. The zero-order valence-corrected chi connectivity index (χ0v) is 11.5. The molecule has 2 atom stereocenters. The largest absolute Gasteiger partial charge is 0.412 e. The van der Waals surface area contributed by atoms with Crippen LogP contribution in [0.15, 0.2) is 18.2 Å². The average molecular weight is 261 g/mol. The summed E-state index contributed by atoms with van der Waals surface area (Å²) in [5.74, 6) is 1.12. The molecule has 1 fully saturated rings. The average Bonchev–Trinajstić information content (AvgIpc) is 2.91. The number of carbonyl (C=O) groups is 1. The summed E-state index contributed by atoms with van der Waals surface area (Å²) in [5, 5.41) is 2.46. The van der Waals surface area contributed by atoms with Crippen LogP contribution in [0.4, 0.5) is 10.5 Å². The van der Waals surface area contributed by atoms with Crippen LogP contribution in [0.5, 0.6) is 5.75 Å². The van der Waals surface area contributed by atoms with Crippen molar-refractivity contribution in [2.24, 2.45) is 0 Å². The Kier molecular flexibility index (Phi) is 2.86. The minimum Gasteiger partial charge on any atom is -0.410 e. The highest BCUT2D eigenvalue weighted by atomic mass is 16.5. The first-order valence-electron chi connectivity index (χ1n) is 6.58. The SMILES string of the molecule is CNC(=O)Oc1ccc2c(c1)C1CCN(C)C1N2C. The molecule has 1 aromatic carbocycles. The minimum atomic E-state index is -0.425. The van der Waals surface area contributed by atoms with Crippen LogP contribution < -0.4 is 15.0 Å². The molecule has 1 amide bonds. The quantitative estimate of drug-likeness (QED) is 0.834. The van der Waals surface area contributed by atoms with Crippen LogP contribution in [0.25, 0.3) is 0 Å². The number of likely N-dealkylation sites (N-methyl/N-ethyl adjacent to an activating group) is 2. The smallest absolute Gasteiger partial charge is 0.410 e. The van der Waals surface area contributed by atoms with E-state index in [9.17, 15) is 4.79 Å². The van der Waals surface area contributed by atoms with Crippen LogP contribution in [0.3, 0.4) is 0 Å². The molecule has 0 radical (unpaired) electrons. The van der Waals surface area contributed by atoms with Gasteiger partial charge >= 0.3 is 6.09 Å². The third-order valence-corrected chi connectivity index (χ3v) is 4.19. The van der Waals surface area contributed by atoms with Crippen LogP contribution in [0.2, 0.25) is 0 Å². The third-order valence-electron chi connectivity index (χ3n) is 4.19. The Morgan fingerprint density at radius 1 is 1.42 bits per heavy atom. The molecule has 2 unspecified atom stereocenters. The number of ether oxygens (including phenoxy) is 1. The van der Waals surface area contributed by atoms with E-state index in [1.807, 2.05) is 18.2 Å². The summed E-state index contributed by atoms with van der Waals surface area (Å²) in [6.07, 6.45) is 1.17. The van der Waals surface area contributed by atoms with E-state index in [-0.39, 0.29) is 0 Å². The van der Waals surface area contributed by atoms with Gasteiger partial charge in [-0.3, -0.25) is 4.90 Å². The minimum absolute atomic E-state index is 0.425. The second kappa shape index (κ2) is 4.42. The fraction of sp³-hybridized carbons (Fsp3) is 0.500. The van der Waals surface area contributed by atoms with Crippen molar-refractivity contribution in [3.05, 3.63) is 23.8 Å². The van der Waals surface area contributed by atoms with Crippen molar-refractivity contribution >= 4 is 11.8 Å². The van der Waals surface area contributed by atoms with Gasteiger partial charge in [-0.25, -0.2) is 4.79 Å². The predicted molar refractivity (Wildman–Crippen MR) is 73.7 cm³/mol. The van der Waals surface area contributed by atoms with Gasteiger partial charge in [0.15, 0.2) is 0 Å². The van der Waals surface area contributed by atoms with E-state index < -0.39 is 6.09 Å². The molecule has 0 saturated carbocycles. The molecule has 0 spiro atoms. The Labute approximate surface area is 113 Å². The number of rotatable bonds is 1. The number of fused-ring (bicyclic) bond motifs is 3. The van der Waals surface area contributed by atoms with Gasteiger partial charge in [-0.2, -0.15) is 0 Å². The lowest BCUT2D eigenvalue weighted by atomic mass is 9.98. The first-order chi connectivity index (χ1) is 9.11. The van der Waals surface area contributed by atoms with E-state index in [0.29, 0.717) is 17.8 Å². The summed E-state index contributed by atoms with van der Waals surface area (Å²) in [6.45, 7) is 1.11. The highest BCUT2D eigenvalue weighted by Gasteiger charge is 2.43. The van der Waals surface area contributed by atoms with Gasteiger partial charge in [-0.1, -0.05) is 0 Å². The molecule has 1 aromatic rings. The van der Waals surface area contributed by atoms with E-state index in [1.54, 1.807) is 7.05 Å². The zero-order valence-electron chi connectivity index (χ0n) is 11.5. The lowest BCUT2D eigenvalue weighted by molar-refractivity contribution is 0.203. The predicted octanol–water partition coefficient (Wildman–Crippen LogP) is 1.60. The van der Waals surface area contributed by atoms with E-state index in [4.69, 9.17) is 4.74 Å². The summed E-state index contributed by atoms with van der Waals surface area (Å²) < 4.78 is 5.22. The maximum Gasteiger partial charge on any atom is 0.412 e. The lowest BCUT2D eigenvalue weighted by Gasteiger charge is -2.28.